The summed E-state index contributed by atoms with van der Waals surface area (Å²) < 4.78 is 0.943. The maximum atomic E-state index is 11.9. The first-order valence-electron chi connectivity index (χ1n) is 4.74. The van der Waals surface area contributed by atoms with Crippen LogP contribution < -0.4 is 17.1 Å². The summed E-state index contributed by atoms with van der Waals surface area (Å²) in [4.78, 5) is 16.2. The van der Waals surface area contributed by atoms with E-state index in [2.05, 4.69) is 4.98 Å². The molecule has 4 N–H and O–H groups in total. The second kappa shape index (κ2) is 3.77. The van der Waals surface area contributed by atoms with Crippen LogP contribution in [0.15, 0.2) is 23.0 Å². The summed E-state index contributed by atoms with van der Waals surface area (Å²) in [6.07, 6.45) is 0. The second-order valence-corrected chi connectivity index (χ2v) is 3.97. The lowest BCUT2D eigenvalue weighted by atomic mass is 10.2. The lowest BCUT2D eigenvalue weighted by Gasteiger charge is -2.11. The molecule has 2 rings (SSSR count). The maximum absolute atomic E-state index is 11.9. The third-order valence-corrected chi connectivity index (χ3v) is 2.63. The highest BCUT2D eigenvalue weighted by molar-refractivity contribution is 6.35. The van der Waals surface area contributed by atoms with Crippen LogP contribution in [-0.4, -0.2) is 9.66 Å². The number of rotatable bonds is 1. The molecule has 0 spiro atoms. The van der Waals surface area contributed by atoms with Gasteiger partial charge in [-0.15, -0.1) is 0 Å². The maximum Gasteiger partial charge on any atom is 0.281 e. The Morgan fingerprint density at radius 1 is 1.50 bits per heavy atom. The molecule has 1 atom stereocenters. The second-order valence-electron chi connectivity index (χ2n) is 3.57. The number of aromatic nitrogens is 2. The van der Waals surface area contributed by atoms with E-state index in [4.69, 9.17) is 23.2 Å². The van der Waals surface area contributed by atoms with Crippen molar-refractivity contribution < 1.29 is 0 Å². The Bertz CT molecular complexity index is 606. The molecule has 1 aromatic carbocycles. The minimum absolute atomic E-state index is 0.316. The molecule has 0 aliphatic rings. The highest BCUT2D eigenvalue weighted by Gasteiger charge is 2.13. The van der Waals surface area contributed by atoms with Crippen LogP contribution >= 0.6 is 11.6 Å². The first-order valence-corrected chi connectivity index (χ1v) is 5.12. The van der Waals surface area contributed by atoms with Crippen molar-refractivity contribution in [3.8, 4) is 0 Å². The number of nitrogens with zero attached hydrogens (tertiary/aromatic N) is 2. The van der Waals surface area contributed by atoms with Gasteiger partial charge < -0.3 is 11.6 Å². The van der Waals surface area contributed by atoms with Gasteiger partial charge in [0.2, 0.25) is 0 Å². The summed E-state index contributed by atoms with van der Waals surface area (Å²) in [5, 5.41) is 0.654. The van der Waals surface area contributed by atoms with E-state index in [1.807, 2.05) is 0 Å². The van der Waals surface area contributed by atoms with E-state index < -0.39 is 6.04 Å². The first-order chi connectivity index (χ1) is 7.52. The number of nitrogens with two attached hydrogens (primary N) is 2. The zero-order valence-electron chi connectivity index (χ0n) is 8.64. The minimum atomic E-state index is -0.416. The van der Waals surface area contributed by atoms with Gasteiger partial charge in [0.25, 0.3) is 5.56 Å². The fourth-order valence-corrected chi connectivity index (χ4v) is 1.79. The molecule has 0 aliphatic carbocycles. The fourth-order valence-electron chi connectivity index (χ4n) is 1.54. The standard InChI is InChI=1S/C10H11ClN4O/c1-5(12)9-14-7-4-2-3-6(11)8(7)10(16)15(9)13/h2-5H,12-13H2,1H3. The van der Waals surface area contributed by atoms with E-state index in [0.717, 1.165) is 4.68 Å². The molecule has 2 aromatic rings. The summed E-state index contributed by atoms with van der Waals surface area (Å²) in [7, 11) is 0. The summed E-state index contributed by atoms with van der Waals surface area (Å²) >= 11 is 5.93. The van der Waals surface area contributed by atoms with Gasteiger partial charge in [0.05, 0.1) is 22.0 Å². The summed E-state index contributed by atoms with van der Waals surface area (Å²) in [6, 6.07) is 4.64. The zero-order chi connectivity index (χ0) is 11.9. The van der Waals surface area contributed by atoms with Gasteiger partial charge in [0, 0.05) is 0 Å². The average Bonchev–Trinajstić information content (AvgIpc) is 2.22. The Labute approximate surface area is 96.6 Å². The number of nitrogen functional groups attached to an aromatic ring is 1. The Kier molecular flexibility index (Phi) is 2.57. The molecule has 0 saturated carbocycles. The van der Waals surface area contributed by atoms with Gasteiger partial charge in [-0.1, -0.05) is 17.7 Å². The van der Waals surface area contributed by atoms with Gasteiger partial charge in [-0.05, 0) is 19.1 Å². The van der Waals surface area contributed by atoms with Crippen LogP contribution in [0.1, 0.15) is 18.8 Å². The summed E-state index contributed by atoms with van der Waals surface area (Å²) in [6.45, 7) is 1.71. The molecular formula is C10H11ClN4O. The van der Waals surface area contributed by atoms with E-state index in [1.54, 1.807) is 25.1 Å². The zero-order valence-corrected chi connectivity index (χ0v) is 9.40. The van der Waals surface area contributed by atoms with Crippen molar-refractivity contribution in [3.05, 3.63) is 39.4 Å². The SMILES string of the molecule is CC(N)c1nc2cccc(Cl)c2c(=O)n1N. The molecule has 16 heavy (non-hydrogen) atoms. The molecular weight excluding hydrogens is 228 g/mol. The van der Waals surface area contributed by atoms with Crippen molar-refractivity contribution >= 4 is 22.5 Å². The van der Waals surface area contributed by atoms with Gasteiger partial charge >= 0.3 is 0 Å². The normalized spacial score (nSPS) is 12.9. The lowest BCUT2D eigenvalue weighted by molar-refractivity contribution is 0.680. The lowest BCUT2D eigenvalue weighted by Crippen LogP contribution is -2.34. The van der Waals surface area contributed by atoms with Gasteiger partial charge in [-0.25, -0.2) is 9.66 Å². The van der Waals surface area contributed by atoms with Crippen molar-refractivity contribution in [2.45, 2.75) is 13.0 Å². The number of benzene rings is 1. The highest BCUT2D eigenvalue weighted by atomic mass is 35.5. The molecule has 0 fully saturated rings. The number of halogens is 1. The van der Waals surface area contributed by atoms with Gasteiger partial charge in [0.15, 0.2) is 0 Å². The number of hydrogen-bond acceptors (Lipinski definition) is 4. The number of fused-ring (bicyclic) bond motifs is 1. The van der Waals surface area contributed by atoms with Crippen LogP contribution in [0.3, 0.4) is 0 Å². The van der Waals surface area contributed by atoms with Crippen LogP contribution in [0.2, 0.25) is 5.02 Å². The quantitative estimate of drug-likeness (QED) is 0.719. The smallest absolute Gasteiger partial charge is 0.281 e. The third kappa shape index (κ3) is 1.54. The molecule has 84 valence electrons. The molecule has 1 unspecified atom stereocenters. The van der Waals surface area contributed by atoms with E-state index in [9.17, 15) is 4.79 Å². The Morgan fingerprint density at radius 2 is 2.19 bits per heavy atom. The van der Waals surface area contributed by atoms with E-state index >= 15 is 0 Å². The molecule has 1 heterocycles. The van der Waals surface area contributed by atoms with Crippen molar-refractivity contribution in [1.82, 2.24) is 9.66 Å². The first kappa shape index (κ1) is 10.9. The van der Waals surface area contributed by atoms with Crippen LogP contribution in [0.25, 0.3) is 10.9 Å². The predicted molar refractivity (Wildman–Crippen MR) is 63.8 cm³/mol. The molecule has 1 aromatic heterocycles. The molecule has 6 heteroatoms. The van der Waals surface area contributed by atoms with Crippen molar-refractivity contribution in [3.63, 3.8) is 0 Å². The molecule has 0 radical (unpaired) electrons. The largest absolute Gasteiger partial charge is 0.335 e. The van der Waals surface area contributed by atoms with Gasteiger partial charge in [0.1, 0.15) is 5.82 Å². The summed E-state index contributed by atoms with van der Waals surface area (Å²) in [5.41, 5.74) is 5.80. The minimum Gasteiger partial charge on any atom is -0.335 e. The fraction of sp³-hybridized carbons (Fsp3) is 0.200. The van der Waals surface area contributed by atoms with Gasteiger partial charge in [-0.2, -0.15) is 0 Å². The average molecular weight is 239 g/mol. The van der Waals surface area contributed by atoms with Crippen LogP contribution in [0.5, 0.6) is 0 Å². The van der Waals surface area contributed by atoms with Crippen molar-refractivity contribution in [2.24, 2.45) is 5.73 Å². The Balaban J connectivity index is 2.95. The molecule has 0 aliphatic heterocycles. The van der Waals surface area contributed by atoms with Gasteiger partial charge in [-0.3, -0.25) is 4.79 Å². The molecule has 0 saturated heterocycles. The molecule has 0 bridgehead atoms. The predicted octanol–water partition coefficient (Wildman–Crippen LogP) is 0.783. The summed E-state index contributed by atoms with van der Waals surface area (Å²) in [5.74, 6) is 5.95. The third-order valence-electron chi connectivity index (χ3n) is 2.31. The van der Waals surface area contributed by atoms with E-state index in [-0.39, 0.29) is 5.56 Å². The molecule has 5 nitrogen and oxygen atoms in total. The topological polar surface area (TPSA) is 86.9 Å². The monoisotopic (exact) mass is 238 g/mol. The van der Waals surface area contributed by atoms with Crippen LogP contribution in [0.4, 0.5) is 0 Å². The Hall–Kier alpha value is -1.59. The van der Waals surface area contributed by atoms with Crippen LogP contribution in [-0.2, 0) is 0 Å². The van der Waals surface area contributed by atoms with Crippen molar-refractivity contribution in [1.29, 1.82) is 0 Å². The number of hydrogen-bond donors (Lipinski definition) is 2. The van der Waals surface area contributed by atoms with Crippen molar-refractivity contribution in [2.75, 3.05) is 5.84 Å². The highest BCUT2D eigenvalue weighted by Crippen LogP contribution is 2.19. The van der Waals surface area contributed by atoms with Crippen LogP contribution in [0, 0.1) is 0 Å². The Morgan fingerprint density at radius 3 is 2.81 bits per heavy atom. The van der Waals surface area contributed by atoms with E-state index in [1.165, 1.54) is 0 Å². The van der Waals surface area contributed by atoms with E-state index in [0.29, 0.717) is 21.7 Å². The molecule has 0 amide bonds.